The van der Waals surface area contributed by atoms with Crippen molar-refractivity contribution in [3.63, 3.8) is 0 Å². The van der Waals surface area contributed by atoms with Gasteiger partial charge >= 0.3 is 6.09 Å². The second-order valence-electron chi connectivity index (χ2n) is 9.56. The van der Waals surface area contributed by atoms with Gasteiger partial charge in [0.15, 0.2) is 11.5 Å². The summed E-state index contributed by atoms with van der Waals surface area (Å²) in [6, 6.07) is 7.18. The van der Waals surface area contributed by atoms with Gasteiger partial charge in [0.2, 0.25) is 11.9 Å². The van der Waals surface area contributed by atoms with Crippen LogP contribution in [0.3, 0.4) is 0 Å². The molecule has 3 aromatic heterocycles. The van der Waals surface area contributed by atoms with E-state index >= 15 is 0 Å². The number of ether oxygens (including phenoxy) is 1. The van der Waals surface area contributed by atoms with Gasteiger partial charge in [0.1, 0.15) is 6.10 Å². The Balaban J connectivity index is 1.25. The molecule has 1 atom stereocenters. The van der Waals surface area contributed by atoms with Crippen LogP contribution in [-0.2, 0) is 16.6 Å². The van der Waals surface area contributed by atoms with E-state index in [1.54, 1.807) is 39.1 Å². The highest BCUT2D eigenvalue weighted by atomic mass is 19.1. The molecule has 0 spiro atoms. The molecular weight excluding hydrogens is 467 g/mol. The quantitative estimate of drug-likeness (QED) is 0.498. The molecule has 3 saturated carbocycles. The van der Waals surface area contributed by atoms with Gasteiger partial charge in [-0.2, -0.15) is 9.65 Å². The zero-order valence-corrected chi connectivity index (χ0v) is 19.9. The summed E-state index contributed by atoms with van der Waals surface area (Å²) in [4.78, 5) is 33.2. The number of rotatable bonds is 6. The Morgan fingerprint density at radius 2 is 1.97 bits per heavy atom. The fourth-order valence-corrected chi connectivity index (χ4v) is 4.90. The first-order valence-electron chi connectivity index (χ1n) is 11.3. The molecule has 0 radical (unpaired) electrons. The topological polar surface area (TPSA) is 148 Å². The summed E-state index contributed by atoms with van der Waals surface area (Å²) < 4.78 is 20.7. The second kappa shape index (κ2) is 8.37. The Hall–Kier alpha value is -4.40. The van der Waals surface area contributed by atoms with Crippen LogP contribution in [0.25, 0.3) is 11.4 Å². The average molecular weight is 490 g/mol. The first-order valence-corrected chi connectivity index (χ1v) is 11.3. The van der Waals surface area contributed by atoms with Crippen LogP contribution >= 0.6 is 0 Å². The van der Waals surface area contributed by atoms with Crippen molar-refractivity contribution in [2.75, 3.05) is 10.6 Å². The number of carbonyl (C=O) groups is 2. The van der Waals surface area contributed by atoms with Gasteiger partial charge in [-0.25, -0.2) is 14.5 Å². The van der Waals surface area contributed by atoms with Crippen LogP contribution < -0.4 is 10.6 Å². The van der Waals surface area contributed by atoms with E-state index in [0.717, 1.165) is 5.56 Å². The van der Waals surface area contributed by atoms with Crippen LogP contribution in [0.15, 0.2) is 30.6 Å². The third kappa shape index (κ3) is 3.92. The minimum Gasteiger partial charge on any atom is -0.441 e. The minimum atomic E-state index is -0.882. The van der Waals surface area contributed by atoms with Crippen molar-refractivity contribution in [3.05, 3.63) is 47.7 Å². The lowest BCUT2D eigenvalue weighted by atomic mass is 9.35. The molecule has 6 rings (SSSR count). The predicted molar refractivity (Wildman–Crippen MR) is 125 cm³/mol. The van der Waals surface area contributed by atoms with Crippen molar-refractivity contribution in [3.8, 4) is 17.5 Å². The monoisotopic (exact) mass is 490 g/mol. The van der Waals surface area contributed by atoms with Crippen LogP contribution in [0, 0.1) is 35.0 Å². The van der Waals surface area contributed by atoms with E-state index in [2.05, 4.69) is 37.0 Å². The summed E-state index contributed by atoms with van der Waals surface area (Å²) in [5.74, 6) is -0.582. The van der Waals surface area contributed by atoms with Crippen LogP contribution in [0.5, 0.6) is 0 Å². The van der Waals surface area contributed by atoms with Crippen molar-refractivity contribution < 1.29 is 18.7 Å². The fourth-order valence-electron chi connectivity index (χ4n) is 4.90. The molecule has 0 aliphatic heterocycles. The summed E-state index contributed by atoms with van der Waals surface area (Å²) >= 11 is 0. The number of hydrogen-bond donors (Lipinski definition) is 2. The third-order valence-corrected chi connectivity index (χ3v) is 6.79. The first-order chi connectivity index (χ1) is 17.1. The molecule has 11 nitrogen and oxygen atoms in total. The number of aryl methyl sites for hydroxylation is 2. The number of pyridine rings is 2. The zero-order chi connectivity index (χ0) is 25.7. The van der Waals surface area contributed by atoms with Crippen LogP contribution in [0.1, 0.15) is 43.4 Å². The van der Waals surface area contributed by atoms with Gasteiger partial charge < -0.3 is 10.1 Å². The van der Waals surface area contributed by atoms with E-state index in [0.29, 0.717) is 36.3 Å². The molecule has 0 aromatic carbocycles. The van der Waals surface area contributed by atoms with Crippen molar-refractivity contribution in [2.45, 2.75) is 39.2 Å². The molecule has 2 bridgehead atoms. The molecule has 0 saturated heterocycles. The van der Waals surface area contributed by atoms with Crippen molar-refractivity contribution in [2.24, 2.45) is 17.9 Å². The summed E-state index contributed by atoms with van der Waals surface area (Å²) in [6.07, 6.45) is 2.98. The SMILES string of the molecule is Cc1cnc(F)c([C@@H](C)OC(=O)Nc2c(-c3ccc(NC(=O)C45CC(C#N)(C4)C5)cn3)nnn2C)c1. The van der Waals surface area contributed by atoms with Crippen LogP contribution in [-0.4, -0.2) is 37.0 Å². The van der Waals surface area contributed by atoms with Gasteiger partial charge in [-0.15, -0.1) is 5.10 Å². The molecule has 3 aliphatic rings. The molecule has 0 unspecified atom stereocenters. The van der Waals surface area contributed by atoms with E-state index in [1.165, 1.54) is 17.1 Å². The van der Waals surface area contributed by atoms with Crippen molar-refractivity contribution >= 4 is 23.5 Å². The molecular formula is C24H23FN8O3. The Labute approximate surface area is 205 Å². The number of nitrogens with one attached hydrogen (secondary N) is 2. The van der Waals surface area contributed by atoms with Crippen molar-refractivity contribution in [1.29, 1.82) is 5.26 Å². The van der Waals surface area contributed by atoms with Crippen LogP contribution in [0.2, 0.25) is 0 Å². The highest BCUT2D eigenvalue weighted by Gasteiger charge is 2.72. The minimum absolute atomic E-state index is 0.104. The van der Waals surface area contributed by atoms with Gasteiger partial charge in [-0.05, 0) is 56.9 Å². The number of halogens is 1. The normalized spacial score (nSPS) is 22.4. The molecule has 3 aromatic rings. The lowest BCUT2D eigenvalue weighted by Gasteiger charge is -2.65. The number of nitrogens with zero attached hydrogens (tertiary/aromatic N) is 6. The van der Waals surface area contributed by atoms with E-state index in [-0.39, 0.29) is 22.7 Å². The molecule has 36 heavy (non-hydrogen) atoms. The highest BCUT2D eigenvalue weighted by Crippen LogP contribution is 2.73. The number of carbonyl (C=O) groups excluding carboxylic acids is 2. The molecule has 2 N–H and O–H groups in total. The zero-order valence-electron chi connectivity index (χ0n) is 19.9. The van der Waals surface area contributed by atoms with Gasteiger partial charge in [0, 0.05) is 18.8 Å². The lowest BCUT2D eigenvalue weighted by molar-refractivity contribution is -0.179. The number of aromatic nitrogens is 5. The summed E-state index contributed by atoms with van der Waals surface area (Å²) in [6.45, 7) is 3.31. The maximum absolute atomic E-state index is 14.0. The standard InChI is InChI=1S/C24H23FN8O3/c1-13-6-16(19(25)28-7-13)14(2)36-22(35)30-20-18(31-32-33(20)3)17-5-4-15(8-27-17)29-21(34)24-9-23(10-24,11-24)12-26/h4-8,14H,9-11H2,1-3H3,(H,29,34)(H,30,35)/t14-,23?,24?/m1/s1. The molecule has 2 amide bonds. The first kappa shape index (κ1) is 23.3. The lowest BCUT2D eigenvalue weighted by Crippen LogP contribution is -2.65. The van der Waals surface area contributed by atoms with Gasteiger partial charge in [0.25, 0.3) is 0 Å². The largest absolute Gasteiger partial charge is 0.441 e. The van der Waals surface area contributed by atoms with Crippen molar-refractivity contribution in [1.82, 2.24) is 25.0 Å². The molecule has 3 aliphatic carbocycles. The van der Waals surface area contributed by atoms with Crippen LogP contribution in [0.4, 0.5) is 20.7 Å². The Bertz CT molecular complexity index is 1390. The average Bonchev–Trinajstić information content (AvgIpc) is 3.14. The number of nitriles is 1. The van der Waals surface area contributed by atoms with E-state index in [4.69, 9.17) is 10.00 Å². The van der Waals surface area contributed by atoms with Gasteiger partial charge in [0.05, 0.1) is 34.5 Å². The Kier molecular flexibility index (Phi) is 5.43. The summed E-state index contributed by atoms with van der Waals surface area (Å²) in [5, 5.41) is 22.6. The van der Waals surface area contributed by atoms with Gasteiger partial charge in [-0.1, -0.05) is 5.21 Å². The Morgan fingerprint density at radius 3 is 2.64 bits per heavy atom. The molecule has 3 heterocycles. The highest BCUT2D eigenvalue weighted by molar-refractivity contribution is 5.98. The molecule has 3 fully saturated rings. The van der Waals surface area contributed by atoms with E-state index < -0.39 is 23.6 Å². The van der Waals surface area contributed by atoms with E-state index in [9.17, 15) is 14.0 Å². The Morgan fingerprint density at radius 1 is 1.22 bits per heavy atom. The predicted octanol–water partition coefficient (Wildman–Crippen LogP) is 3.66. The summed E-state index contributed by atoms with van der Waals surface area (Å²) in [7, 11) is 1.59. The number of amides is 2. The maximum atomic E-state index is 14.0. The molecule has 12 heteroatoms. The second-order valence-corrected chi connectivity index (χ2v) is 9.56. The maximum Gasteiger partial charge on any atom is 0.413 e. The third-order valence-electron chi connectivity index (χ3n) is 6.79. The smallest absolute Gasteiger partial charge is 0.413 e. The number of anilines is 2. The molecule has 184 valence electrons. The van der Waals surface area contributed by atoms with Gasteiger partial charge in [-0.3, -0.25) is 15.1 Å². The number of hydrogen-bond acceptors (Lipinski definition) is 8. The summed E-state index contributed by atoms with van der Waals surface area (Å²) in [5.41, 5.74) is 1.37. The fraction of sp³-hybridized carbons (Fsp3) is 0.375. The van der Waals surface area contributed by atoms with E-state index in [1.807, 2.05) is 0 Å².